The Kier molecular flexibility index (Phi) is 3.58. The summed E-state index contributed by atoms with van der Waals surface area (Å²) in [4.78, 5) is 17.5. The molecule has 0 aliphatic carbocycles. The van der Waals surface area contributed by atoms with Crippen LogP contribution in [-0.4, -0.2) is 10.9 Å². The molecule has 0 saturated heterocycles. The second-order valence-corrected chi connectivity index (χ2v) is 5.71. The third-order valence-electron chi connectivity index (χ3n) is 3.07. The molecule has 0 radical (unpaired) electrons. The highest BCUT2D eigenvalue weighted by atomic mass is 32.1. The number of amides is 1. The van der Waals surface area contributed by atoms with Gasteiger partial charge in [-0.2, -0.15) is 0 Å². The number of hydrogen-bond acceptors (Lipinski definition) is 4. The number of benzene rings is 1. The molecule has 0 spiro atoms. The molecule has 4 nitrogen and oxygen atoms in total. The maximum absolute atomic E-state index is 12.2. The fourth-order valence-corrected chi connectivity index (χ4v) is 2.91. The van der Waals surface area contributed by atoms with Crippen molar-refractivity contribution in [3.63, 3.8) is 0 Å². The molecule has 3 aromatic rings. The average molecular weight is 298 g/mol. The quantitative estimate of drug-likeness (QED) is 0.785. The van der Waals surface area contributed by atoms with E-state index in [4.69, 9.17) is 4.42 Å². The van der Waals surface area contributed by atoms with Gasteiger partial charge in [0, 0.05) is 6.20 Å². The van der Waals surface area contributed by atoms with Crippen LogP contribution in [0, 0.1) is 13.8 Å². The Labute approximate surface area is 126 Å². The van der Waals surface area contributed by atoms with Crippen molar-refractivity contribution in [2.45, 2.75) is 13.8 Å². The van der Waals surface area contributed by atoms with Crippen molar-refractivity contribution in [1.29, 1.82) is 0 Å². The minimum atomic E-state index is -0.196. The smallest absolute Gasteiger partial charge is 0.260 e. The van der Waals surface area contributed by atoms with Crippen LogP contribution in [0.1, 0.15) is 21.9 Å². The summed E-state index contributed by atoms with van der Waals surface area (Å²) in [5.74, 6) is 1.14. The summed E-state index contributed by atoms with van der Waals surface area (Å²) in [6.45, 7) is 3.60. The predicted molar refractivity (Wildman–Crippen MR) is 83.7 cm³/mol. The van der Waals surface area contributed by atoms with Crippen molar-refractivity contribution in [2.75, 3.05) is 5.32 Å². The molecule has 3 rings (SSSR count). The summed E-state index contributed by atoms with van der Waals surface area (Å²) in [6.07, 6.45) is 1.77. The van der Waals surface area contributed by atoms with Crippen molar-refractivity contribution < 1.29 is 9.21 Å². The Morgan fingerprint density at radius 2 is 2.00 bits per heavy atom. The fraction of sp³-hybridized carbons (Fsp3) is 0.125. The predicted octanol–water partition coefficient (Wildman–Crippen LogP) is 4.27. The van der Waals surface area contributed by atoms with Crippen LogP contribution in [-0.2, 0) is 0 Å². The van der Waals surface area contributed by atoms with Crippen molar-refractivity contribution >= 4 is 22.4 Å². The first-order valence-corrected chi connectivity index (χ1v) is 7.35. The number of furan rings is 1. The lowest BCUT2D eigenvalue weighted by Gasteiger charge is -1.99. The first-order chi connectivity index (χ1) is 10.1. The highest BCUT2D eigenvalue weighted by Gasteiger charge is 2.15. The first-order valence-electron chi connectivity index (χ1n) is 6.53. The van der Waals surface area contributed by atoms with Gasteiger partial charge in [-0.25, -0.2) is 4.98 Å². The lowest BCUT2D eigenvalue weighted by atomic mass is 10.2. The van der Waals surface area contributed by atoms with Gasteiger partial charge < -0.3 is 4.42 Å². The van der Waals surface area contributed by atoms with Crippen LogP contribution in [0.4, 0.5) is 5.13 Å². The second-order valence-electron chi connectivity index (χ2n) is 4.68. The molecule has 2 heterocycles. The number of nitrogens with one attached hydrogen (secondary N) is 1. The summed E-state index contributed by atoms with van der Waals surface area (Å²) in [7, 11) is 0. The van der Waals surface area contributed by atoms with Crippen LogP contribution in [0.3, 0.4) is 0 Å². The topological polar surface area (TPSA) is 55.1 Å². The molecule has 1 N–H and O–H groups in total. The van der Waals surface area contributed by atoms with Crippen molar-refractivity contribution in [3.05, 3.63) is 59.7 Å². The van der Waals surface area contributed by atoms with Gasteiger partial charge in [0.1, 0.15) is 11.5 Å². The van der Waals surface area contributed by atoms with Gasteiger partial charge in [0.2, 0.25) is 0 Å². The minimum absolute atomic E-state index is 0.196. The third kappa shape index (κ3) is 2.87. The molecule has 106 valence electrons. The van der Waals surface area contributed by atoms with Crippen molar-refractivity contribution in [1.82, 2.24) is 4.98 Å². The molecular weight excluding hydrogens is 284 g/mol. The van der Waals surface area contributed by atoms with Crippen LogP contribution in [0.15, 0.2) is 47.0 Å². The largest absolute Gasteiger partial charge is 0.466 e. The van der Waals surface area contributed by atoms with Crippen molar-refractivity contribution in [2.24, 2.45) is 0 Å². The molecule has 1 amide bonds. The van der Waals surface area contributed by atoms with E-state index in [1.54, 1.807) is 19.2 Å². The molecule has 0 fully saturated rings. The maximum atomic E-state index is 12.2. The molecular formula is C16H14N2O2S. The molecule has 0 aliphatic heterocycles. The van der Waals surface area contributed by atoms with E-state index in [1.165, 1.54) is 11.3 Å². The molecule has 0 aliphatic rings. The zero-order valence-electron chi connectivity index (χ0n) is 11.7. The zero-order valence-corrected chi connectivity index (χ0v) is 12.5. The number of anilines is 1. The van der Waals surface area contributed by atoms with Crippen molar-refractivity contribution in [3.8, 4) is 10.4 Å². The van der Waals surface area contributed by atoms with Gasteiger partial charge in [-0.3, -0.25) is 10.1 Å². The normalized spacial score (nSPS) is 10.6. The average Bonchev–Trinajstić information content (AvgIpc) is 3.06. The van der Waals surface area contributed by atoms with Crippen LogP contribution in [0.5, 0.6) is 0 Å². The van der Waals surface area contributed by atoms with Crippen LogP contribution in [0.2, 0.25) is 0 Å². The number of thiazole rings is 1. The Morgan fingerprint density at radius 1 is 1.24 bits per heavy atom. The van der Waals surface area contributed by atoms with Gasteiger partial charge in [0.15, 0.2) is 5.13 Å². The molecule has 0 unspecified atom stereocenters. The number of hydrogen-bond donors (Lipinski definition) is 1. The Hall–Kier alpha value is -2.40. The first kappa shape index (κ1) is 13.6. The Bertz CT molecular complexity index is 775. The zero-order chi connectivity index (χ0) is 14.8. The van der Waals surface area contributed by atoms with Gasteiger partial charge in [-0.15, -0.1) is 0 Å². The fourth-order valence-electron chi connectivity index (χ4n) is 2.09. The lowest BCUT2D eigenvalue weighted by molar-refractivity contribution is 0.102. The minimum Gasteiger partial charge on any atom is -0.466 e. The van der Waals surface area contributed by atoms with E-state index in [9.17, 15) is 4.79 Å². The number of aryl methyl sites for hydroxylation is 2. The van der Waals surface area contributed by atoms with Crippen LogP contribution < -0.4 is 5.32 Å². The van der Waals surface area contributed by atoms with Gasteiger partial charge >= 0.3 is 0 Å². The van der Waals surface area contributed by atoms with E-state index >= 15 is 0 Å². The molecule has 2 aromatic heterocycles. The van der Waals surface area contributed by atoms with Gasteiger partial charge in [-0.05, 0) is 25.5 Å². The molecule has 0 atom stereocenters. The molecule has 21 heavy (non-hydrogen) atoms. The Morgan fingerprint density at radius 3 is 2.67 bits per heavy atom. The van der Waals surface area contributed by atoms with E-state index in [1.807, 2.05) is 37.3 Å². The Balaban J connectivity index is 1.79. The summed E-state index contributed by atoms with van der Waals surface area (Å²) < 4.78 is 5.37. The standard InChI is InChI=1S/C16H14N2O2S/c1-10-8-13(11(2)20-10)15(19)18-16-17-9-14(21-16)12-6-4-3-5-7-12/h3-9H,1-2H3,(H,17,18,19). The highest BCUT2D eigenvalue weighted by Crippen LogP contribution is 2.29. The number of carbonyl (C=O) groups excluding carboxylic acids is 1. The maximum Gasteiger partial charge on any atom is 0.260 e. The van der Waals surface area contributed by atoms with Gasteiger partial charge in [-0.1, -0.05) is 41.7 Å². The number of carbonyl (C=O) groups is 1. The van der Waals surface area contributed by atoms with E-state index in [0.29, 0.717) is 16.5 Å². The molecule has 0 saturated carbocycles. The third-order valence-corrected chi connectivity index (χ3v) is 4.03. The molecule has 0 bridgehead atoms. The van der Waals surface area contributed by atoms with Gasteiger partial charge in [0.25, 0.3) is 5.91 Å². The molecule has 1 aromatic carbocycles. The summed E-state index contributed by atoms with van der Waals surface area (Å²) in [5, 5.41) is 3.39. The van der Waals surface area contributed by atoms with E-state index < -0.39 is 0 Å². The number of aromatic nitrogens is 1. The lowest BCUT2D eigenvalue weighted by Crippen LogP contribution is -2.11. The van der Waals surface area contributed by atoms with Crippen LogP contribution in [0.25, 0.3) is 10.4 Å². The SMILES string of the molecule is Cc1cc(C(=O)Nc2ncc(-c3ccccc3)s2)c(C)o1. The highest BCUT2D eigenvalue weighted by molar-refractivity contribution is 7.19. The summed E-state index contributed by atoms with van der Waals surface area (Å²) in [6, 6.07) is 11.7. The summed E-state index contributed by atoms with van der Waals surface area (Å²) >= 11 is 1.45. The second kappa shape index (κ2) is 5.54. The number of nitrogens with zero attached hydrogens (tertiary/aromatic N) is 1. The van der Waals surface area contributed by atoms with Gasteiger partial charge in [0.05, 0.1) is 10.4 Å². The monoisotopic (exact) mass is 298 g/mol. The van der Waals surface area contributed by atoms with E-state index in [0.717, 1.165) is 16.2 Å². The van der Waals surface area contributed by atoms with E-state index in [-0.39, 0.29) is 5.91 Å². The van der Waals surface area contributed by atoms with Crippen LogP contribution >= 0.6 is 11.3 Å². The summed E-state index contributed by atoms with van der Waals surface area (Å²) in [5.41, 5.74) is 1.63. The number of rotatable bonds is 3. The van der Waals surface area contributed by atoms with E-state index in [2.05, 4.69) is 10.3 Å². The molecule has 5 heteroatoms.